The van der Waals surface area contributed by atoms with Crippen LogP contribution in [-0.2, 0) is 19.1 Å². The fourth-order valence-corrected chi connectivity index (χ4v) is 8.76. The molecule has 274 valence electrons. The molecule has 0 saturated heterocycles. The molecular weight excluding hydrogens is 584 g/mol. The molecule has 0 aromatic heterocycles. The van der Waals surface area contributed by atoms with Gasteiger partial charge in [0.15, 0.2) is 0 Å². The highest BCUT2D eigenvalue weighted by Crippen LogP contribution is 2.38. The average molecular weight is 661 g/mol. The molecule has 0 aromatic carbocycles. The van der Waals surface area contributed by atoms with Gasteiger partial charge in [-0.25, -0.2) is 0 Å². The predicted molar refractivity (Wildman–Crippen MR) is 198 cm³/mol. The van der Waals surface area contributed by atoms with Crippen molar-refractivity contribution in [2.75, 3.05) is 26.3 Å². The lowest BCUT2D eigenvalue weighted by molar-refractivity contribution is -0.137. The van der Waals surface area contributed by atoms with Crippen LogP contribution in [0.25, 0.3) is 0 Å². The second-order valence-corrected chi connectivity index (χ2v) is 14.5. The van der Waals surface area contributed by atoms with Crippen molar-refractivity contribution in [1.29, 1.82) is 0 Å². The lowest BCUT2D eigenvalue weighted by Gasteiger charge is -2.34. The van der Waals surface area contributed by atoms with Crippen LogP contribution in [0.5, 0.6) is 0 Å². The summed E-state index contributed by atoms with van der Waals surface area (Å²) in [5.74, 6) is 4.77. The second-order valence-electron chi connectivity index (χ2n) is 14.5. The van der Waals surface area contributed by atoms with Crippen LogP contribution in [0.4, 0.5) is 0 Å². The molecule has 0 aliphatic carbocycles. The van der Waals surface area contributed by atoms with Crippen molar-refractivity contribution in [2.24, 2.45) is 41.4 Å². The number of carbonyl (C=O) groups is 3. The standard InChI is InChI=1S/C41H76N2O4/c1-9-19-33(11-3)37(15-7)35(13-5)22-17-21-32(23-24-36(14-6)38(16-8)34(12-4)20-10-2)31-47-30-18-28-42-39(44)27-29-43-40(45)25-26-41(43)46/h25-26,32-38H,9-24,27-31H2,1-8H3,(H,42,44). The van der Waals surface area contributed by atoms with Gasteiger partial charge in [0.1, 0.15) is 0 Å². The summed E-state index contributed by atoms with van der Waals surface area (Å²) >= 11 is 0. The Morgan fingerprint density at radius 2 is 1.17 bits per heavy atom. The zero-order valence-electron chi connectivity index (χ0n) is 32.1. The summed E-state index contributed by atoms with van der Waals surface area (Å²) in [5, 5.41) is 2.92. The van der Waals surface area contributed by atoms with Crippen LogP contribution < -0.4 is 5.32 Å². The summed E-state index contributed by atoms with van der Waals surface area (Å²) in [6.45, 7) is 21.2. The van der Waals surface area contributed by atoms with E-state index in [4.69, 9.17) is 4.74 Å². The average Bonchev–Trinajstić information content (AvgIpc) is 3.40. The molecule has 7 atom stereocenters. The number of amides is 3. The van der Waals surface area contributed by atoms with Crippen LogP contribution in [0.1, 0.15) is 165 Å². The minimum Gasteiger partial charge on any atom is -0.381 e. The van der Waals surface area contributed by atoms with E-state index < -0.39 is 0 Å². The van der Waals surface area contributed by atoms with Crippen LogP contribution in [0, 0.1) is 41.4 Å². The van der Waals surface area contributed by atoms with Gasteiger partial charge in [-0.05, 0) is 67.1 Å². The van der Waals surface area contributed by atoms with Gasteiger partial charge in [0.05, 0.1) is 0 Å². The molecule has 0 fully saturated rings. The van der Waals surface area contributed by atoms with Crippen molar-refractivity contribution in [1.82, 2.24) is 10.2 Å². The first-order valence-corrected chi connectivity index (χ1v) is 20.1. The minimum absolute atomic E-state index is 0.124. The first-order valence-electron chi connectivity index (χ1n) is 20.1. The third-order valence-corrected chi connectivity index (χ3v) is 11.5. The van der Waals surface area contributed by atoms with Gasteiger partial charge < -0.3 is 10.1 Å². The molecule has 0 bridgehead atoms. The van der Waals surface area contributed by atoms with Crippen LogP contribution in [-0.4, -0.2) is 48.9 Å². The van der Waals surface area contributed by atoms with Gasteiger partial charge in [-0.1, -0.05) is 132 Å². The Balaban J connectivity index is 2.70. The smallest absolute Gasteiger partial charge is 0.253 e. The second kappa shape index (κ2) is 26.2. The van der Waals surface area contributed by atoms with Crippen LogP contribution >= 0.6 is 0 Å². The summed E-state index contributed by atoms with van der Waals surface area (Å²) in [6.07, 6.45) is 22.9. The molecule has 6 heteroatoms. The fraction of sp³-hybridized carbons (Fsp3) is 0.878. The molecule has 1 aliphatic rings. The molecule has 47 heavy (non-hydrogen) atoms. The normalized spacial score (nSPS) is 17.8. The van der Waals surface area contributed by atoms with Gasteiger partial charge in [0.25, 0.3) is 11.8 Å². The van der Waals surface area contributed by atoms with Gasteiger partial charge in [-0.3, -0.25) is 19.3 Å². The number of hydrogen-bond donors (Lipinski definition) is 1. The van der Waals surface area contributed by atoms with E-state index in [0.29, 0.717) is 19.1 Å². The minimum atomic E-state index is -0.343. The number of carbonyl (C=O) groups excluding carboxylic acids is 3. The summed E-state index contributed by atoms with van der Waals surface area (Å²) < 4.78 is 6.29. The third kappa shape index (κ3) is 16.0. The topological polar surface area (TPSA) is 75.7 Å². The van der Waals surface area contributed by atoms with Crippen molar-refractivity contribution in [3.05, 3.63) is 12.2 Å². The molecule has 1 heterocycles. The predicted octanol–water partition coefficient (Wildman–Crippen LogP) is 10.1. The zero-order valence-corrected chi connectivity index (χ0v) is 32.1. The molecule has 0 radical (unpaired) electrons. The number of nitrogens with zero attached hydrogens (tertiary/aromatic N) is 1. The number of ether oxygens (including phenoxy) is 1. The van der Waals surface area contributed by atoms with E-state index >= 15 is 0 Å². The maximum atomic E-state index is 12.3. The quantitative estimate of drug-likeness (QED) is 0.0615. The summed E-state index contributed by atoms with van der Waals surface area (Å²) in [6, 6.07) is 0. The molecule has 1 aliphatic heterocycles. The van der Waals surface area contributed by atoms with Gasteiger partial charge in [0, 0.05) is 44.9 Å². The Kier molecular flexibility index (Phi) is 24.2. The van der Waals surface area contributed by atoms with Crippen molar-refractivity contribution >= 4 is 17.7 Å². The van der Waals surface area contributed by atoms with Crippen molar-refractivity contribution in [2.45, 2.75) is 165 Å². The van der Waals surface area contributed by atoms with E-state index in [1.807, 2.05) is 0 Å². The zero-order chi connectivity index (χ0) is 35.0. The van der Waals surface area contributed by atoms with Gasteiger partial charge in [-0.15, -0.1) is 0 Å². The van der Waals surface area contributed by atoms with E-state index in [2.05, 4.69) is 60.7 Å². The monoisotopic (exact) mass is 661 g/mol. The Morgan fingerprint density at radius 1 is 0.660 bits per heavy atom. The van der Waals surface area contributed by atoms with Crippen LogP contribution in [0.2, 0.25) is 0 Å². The van der Waals surface area contributed by atoms with Gasteiger partial charge in [-0.2, -0.15) is 0 Å². The summed E-state index contributed by atoms with van der Waals surface area (Å²) in [4.78, 5) is 36.8. The Labute approximate surface area is 291 Å². The first-order chi connectivity index (χ1) is 22.7. The number of imide groups is 1. The van der Waals surface area contributed by atoms with E-state index in [-0.39, 0.29) is 30.7 Å². The number of nitrogens with one attached hydrogen (secondary N) is 1. The van der Waals surface area contributed by atoms with E-state index in [1.54, 1.807) is 0 Å². The van der Waals surface area contributed by atoms with Crippen molar-refractivity contribution in [3.8, 4) is 0 Å². The van der Waals surface area contributed by atoms with E-state index in [0.717, 1.165) is 53.4 Å². The summed E-state index contributed by atoms with van der Waals surface area (Å²) in [5.41, 5.74) is 0. The molecule has 0 spiro atoms. The lowest BCUT2D eigenvalue weighted by atomic mass is 9.72. The van der Waals surface area contributed by atoms with Gasteiger partial charge in [0.2, 0.25) is 5.91 Å². The number of hydrogen-bond acceptors (Lipinski definition) is 4. The van der Waals surface area contributed by atoms with Gasteiger partial charge >= 0.3 is 0 Å². The van der Waals surface area contributed by atoms with Crippen molar-refractivity contribution in [3.63, 3.8) is 0 Å². The molecule has 3 amide bonds. The Morgan fingerprint density at radius 3 is 1.66 bits per heavy atom. The molecule has 0 saturated carbocycles. The first kappa shape index (κ1) is 43.3. The number of rotatable bonds is 30. The van der Waals surface area contributed by atoms with E-state index in [1.165, 1.54) is 108 Å². The fourth-order valence-electron chi connectivity index (χ4n) is 8.76. The largest absolute Gasteiger partial charge is 0.381 e. The highest BCUT2D eigenvalue weighted by atomic mass is 16.5. The van der Waals surface area contributed by atoms with E-state index in [9.17, 15) is 14.4 Å². The highest BCUT2D eigenvalue weighted by molar-refractivity contribution is 6.13. The SMILES string of the molecule is CCCC(CC)C(CC)C(CC)CCCC(CCC(CC)C(CC)C(CC)CCC)COCCCNC(=O)CCN1C(=O)C=CC1=O. The lowest BCUT2D eigenvalue weighted by Crippen LogP contribution is -2.35. The van der Waals surface area contributed by atoms with Crippen molar-refractivity contribution < 1.29 is 19.1 Å². The van der Waals surface area contributed by atoms with Crippen LogP contribution in [0.15, 0.2) is 12.2 Å². The summed E-state index contributed by atoms with van der Waals surface area (Å²) in [7, 11) is 0. The molecule has 1 N–H and O–H groups in total. The Hall–Kier alpha value is -1.69. The maximum absolute atomic E-state index is 12.3. The molecule has 7 unspecified atom stereocenters. The van der Waals surface area contributed by atoms with Crippen LogP contribution in [0.3, 0.4) is 0 Å². The Bertz CT molecular complexity index is 856. The molecule has 0 aromatic rings. The highest BCUT2D eigenvalue weighted by Gasteiger charge is 2.28. The maximum Gasteiger partial charge on any atom is 0.253 e. The molecular formula is C41H76N2O4. The molecule has 6 nitrogen and oxygen atoms in total. The third-order valence-electron chi connectivity index (χ3n) is 11.5. The molecule has 1 rings (SSSR count).